The minimum atomic E-state index is -1.00. The molecule has 8 heteroatoms. The van der Waals surface area contributed by atoms with Crippen molar-refractivity contribution in [3.8, 4) is 0 Å². The molecule has 0 unspecified atom stereocenters. The van der Waals surface area contributed by atoms with E-state index in [9.17, 15) is 19.5 Å². The van der Waals surface area contributed by atoms with E-state index >= 15 is 0 Å². The fourth-order valence-corrected chi connectivity index (χ4v) is 5.58. The van der Waals surface area contributed by atoms with E-state index in [0.29, 0.717) is 24.7 Å². The molecule has 4 atom stereocenters. The molecule has 34 heavy (non-hydrogen) atoms. The minimum absolute atomic E-state index is 0. The summed E-state index contributed by atoms with van der Waals surface area (Å²) in [7, 11) is 0. The second-order valence-corrected chi connectivity index (χ2v) is 9.51. The summed E-state index contributed by atoms with van der Waals surface area (Å²) >= 11 is 0. The normalized spacial score (nSPS) is 21.6. The van der Waals surface area contributed by atoms with Gasteiger partial charge in [-0.05, 0) is 56.9 Å². The van der Waals surface area contributed by atoms with Gasteiger partial charge in [0.2, 0.25) is 5.91 Å². The highest BCUT2D eigenvalue weighted by Crippen LogP contribution is 2.44. The second-order valence-electron chi connectivity index (χ2n) is 9.51. The van der Waals surface area contributed by atoms with Crippen LogP contribution in [0, 0.1) is 11.8 Å². The number of esters is 1. The third-order valence-corrected chi connectivity index (χ3v) is 7.20. The molecule has 0 saturated heterocycles. The number of fused-ring (bicyclic) bond motifs is 1. The van der Waals surface area contributed by atoms with Gasteiger partial charge in [0.05, 0.1) is 12.6 Å². The van der Waals surface area contributed by atoms with Crippen molar-refractivity contribution in [1.82, 2.24) is 10.2 Å². The smallest absolute Gasteiger partial charge is 0.323 e. The Labute approximate surface area is 209 Å². The van der Waals surface area contributed by atoms with E-state index in [1.807, 2.05) is 30.3 Å². The van der Waals surface area contributed by atoms with Crippen molar-refractivity contribution in [3.63, 3.8) is 0 Å². The van der Waals surface area contributed by atoms with Crippen LogP contribution < -0.4 is 5.32 Å². The van der Waals surface area contributed by atoms with Gasteiger partial charge in [-0.3, -0.25) is 19.7 Å². The first kappa shape index (κ1) is 28.1. The van der Waals surface area contributed by atoms with Crippen LogP contribution in [-0.4, -0.2) is 59.1 Å². The van der Waals surface area contributed by atoms with Crippen molar-refractivity contribution in [2.24, 2.45) is 11.8 Å². The fraction of sp³-hybridized carbons (Fsp3) is 0.654. The van der Waals surface area contributed by atoms with Gasteiger partial charge in [-0.25, -0.2) is 0 Å². The predicted octanol–water partition coefficient (Wildman–Crippen LogP) is 3.83. The molecule has 0 aromatic heterocycles. The van der Waals surface area contributed by atoms with Crippen molar-refractivity contribution in [3.05, 3.63) is 35.9 Å². The second kappa shape index (κ2) is 13.7. The molecule has 1 amide bonds. The first-order chi connectivity index (χ1) is 15.9. The van der Waals surface area contributed by atoms with E-state index in [-0.39, 0.29) is 43.5 Å². The number of nitrogens with zero attached hydrogens (tertiary/aromatic N) is 1. The average Bonchev–Trinajstić information content (AvgIpc) is 3.24. The molecule has 0 heterocycles. The maximum Gasteiger partial charge on any atom is 0.323 e. The summed E-state index contributed by atoms with van der Waals surface area (Å²) in [6.45, 7) is 3.44. The van der Waals surface area contributed by atoms with Crippen molar-refractivity contribution < 1.29 is 24.2 Å². The number of hydrogen-bond donors (Lipinski definition) is 2. The highest BCUT2D eigenvalue weighted by Gasteiger charge is 2.41. The van der Waals surface area contributed by atoms with Crippen molar-refractivity contribution in [1.29, 1.82) is 0 Å². The number of nitrogens with one attached hydrogen (secondary N) is 1. The monoisotopic (exact) mass is 494 g/mol. The van der Waals surface area contributed by atoms with Crippen molar-refractivity contribution >= 4 is 30.3 Å². The molecule has 1 aromatic rings. The molecule has 2 fully saturated rings. The molecular weight excluding hydrogens is 456 g/mol. The number of aliphatic carboxylic acids is 1. The van der Waals surface area contributed by atoms with Gasteiger partial charge in [-0.15, -0.1) is 12.4 Å². The van der Waals surface area contributed by atoms with Gasteiger partial charge in [0, 0.05) is 6.04 Å². The van der Waals surface area contributed by atoms with Gasteiger partial charge < -0.3 is 14.7 Å². The van der Waals surface area contributed by atoms with Crippen LogP contribution in [0.25, 0.3) is 0 Å². The molecule has 1 aromatic carbocycles. The SMILES string of the molecule is CCOC(=O)[C@@H](CCc1ccccc1)N[C@@H](C)C(=O)N(CC(=O)O)C1C[C@H]2CCCC[C@@H]2C1.Cl. The summed E-state index contributed by atoms with van der Waals surface area (Å²) in [5.74, 6) is -0.459. The number of halogens is 1. The van der Waals surface area contributed by atoms with Crippen LogP contribution in [0.5, 0.6) is 0 Å². The quantitative estimate of drug-likeness (QED) is 0.454. The molecule has 7 nitrogen and oxygen atoms in total. The predicted molar refractivity (Wildman–Crippen MR) is 133 cm³/mol. The van der Waals surface area contributed by atoms with E-state index < -0.39 is 18.1 Å². The zero-order valence-corrected chi connectivity index (χ0v) is 21.1. The molecule has 0 bridgehead atoms. The minimum Gasteiger partial charge on any atom is -0.480 e. The number of carbonyl (C=O) groups excluding carboxylic acids is 2. The number of ether oxygens (including phenoxy) is 1. The number of carbonyl (C=O) groups is 3. The Morgan fingerprint density at radius 3 is 2.29 bits per heavy atom. The maximum atomic E-state index is 13.4. The Bertz CT molecular complexity index is 792. The third kappa shape index (κ3) is 7.70. The van der Waals surface area contributed by atoms with Crippen LogP contribution in [-0.2, 0) is 25.5 Å². The summed E-state index contributed by atoms with van der Waals surface area (Å²) in [5.41, 5.74) is 1.11. The summed E-state index contributed by atoms with van der Waals surface area (Å²) in [4.78, 5) is 39.1. The number of carboxylic acids is 1. The highest BCUT2D eigenvalue weighted by atomic mass is 35.5. The summed E-state index contributed by atoms with van der Waals surface area (Å²) in [6, 6.07) is 8.50. The van der Waals surface area contributed by atoms with Gasteiger partial charge in [0.1, 0.15) is 12.6 Å². The molecule has 0 spiro atoms. The first-order valence-corrected chi connectivity index (χ1v) is 12.4. The molecule has 0 radical (unpaired) electrons. The third-order valence-electron chi connectivity index (χ3n) is 7.20. The van der Waals surface area contributed by atoms with E-state index in [1.165, 1.54) is 30.6 Å². The number of benzene rings is 1. The molecule has 0 aliphatic heterocycles. The standard InChI is InChI=1S/C26H38N2O5.ClH/c1-3-33-26(32)23(14-13-19-9-5-4-6-10-19)27-18(2)25(31)28(17-24(29)30)22-15-20-11-7-8-12-21(20)16-22;/h4-6,9-10,18,20-23,27H,3,7-8,11-17H2,1-2H3,(H,29,30);1H/t18-,20+,21+,23+;/m0./s1. The van der Waals surface area contributed by atoms with Gasteiger partial charge in [0.15, 0.2) is 0 Å². The molecule has 2 aliphatic carbocycles. The van der Waals surface area contributed by atoms with Gasteiger partial charge in [0.25, 0.3) is 0 Å². The van der Waals surface area contributed by atoms with Crippen LogP contribution >= 0.6 is 12.4 Å². The fourth-order valence-electron chi connectivity index (χ4n) is 5.58. The van der Waals surface area contributed by atoms with Crippen LogP contribution in [0.3, 0.4) is 0 Å². The number of hydrogen-bond acceptors (Lipinski definition) is 5. The van der Waals surface area contributed by atoms with Crippen LogP contribution in [0.2, 0.25) is 0 Å². The van der Waals surface area contributed by atoms with Gasteiger partial charge in [-0.1, -0.05) is 56.0 Å². The highest BCUT2D eigenvalue weighted by molar-refractivity contribution is 5.86. The largest absolute Gasteiger partial charge is 0.480 e. The van der Waals surface area contributed by atoms with E-state index in [1.54, 1.807) is 13.8 Å². The molecule has 3 rings (SSSR count). The Morgan fingerprint density at radius 2 is 1.74 bits per heavy atom. The molecule has 190 valence electrons. The summed E-state index contributed by atoms with van der Waals surface area (Å²) < 4.78 is 5.24. The topological polar surface area (TPSA) is 95.9 Å². The van der Waals surface area contributed by atoms with Crippen molar-refractivity contribution in [2.75, 3.05) is 13.2 Å². The molecular formula is C26H39ClN2O5. The lowest BCUT2D eigenvalue weighted by atomic mass is 9.82. The molecule has 2 N–H and O–H groups in total. The van der Waals surface area contributed by atoms with E-state index in [4.69, 9.17) is 4.74 Å². The van der Waals surface area contributed by atoms with Crippen LogP contribution in [0.4, 0.5) is 0 Å². The Balaban J connectivity index is 0.00000408. The lowest BCUT2D eigenvalue weighted by Crippen LogP contribution is -2.54. The van der Waals surface area contributed by atoms with Crippen LogP contribution in [0.1, 0.15) is 64.4 Å². The molecule has 2 saturated carbocycles. The number of rotatable bonds is 11. The first-order valence-electron chi connectivity index (χ1n) is 12.4. The van der Waals surface area contributed by atoms with Crippen LogP contribution in [0.15, 0.2) is 30.3 Å². The zero-order valence-electron chi connectivity index (χ0n) is 20.3. The number of carboxylic acid groups (broad SMARTS) is 1. The van der Waals surface area contributed by atoms with E-state index in [0.717, 1.165) is 18.4 Å². The number of amides is 1. The lowest BCUT2D eigenvalue weighted by Gasteiger charge is -2.32. The van der Waals surface area contributed by atoms with Gasteiger partial charge >= 0.3 is 11.9 Å². The van der Waals surface area contributed by atoms with Gasteiger partial charge in [-0.2, -0.15) is 0 Å². The zero-order chi connectivity index (χ0) is 23.8. The lowest BCUT2D eigenvalue weighted by molar-refractivity contribution is -0.149. The average molecular weight is 495 g/mol. The Hall–Kier alpha value is -2.12. The Kier molecular flexibility index (Phi) is 11.3. The summed E-state index contributed by atoms with van der Waals surface area (Å²) in [6.07, 6.45) is 7.72. The molecule has 2 aliphatic rings. The van der Waals surface area contributed by atoms with E-state index in [2.05, 4.69) is 5.32 Å². The number of aryl methyl sites for hydroxylation is 1. The maximum absolute atomic E-state index is 13.4. The Morgan fingerprint density at radius 1 is 1.12 bits per heavy atom. The van der Waals surface area contributed by atoms with Crippen molar-refractivity contribution in [2.45, 2.75) is 83.3 Å². The summed E-state index contributed by atoms with van der Waals surface area (Å²) in [5, 5.41) is 12.6.